The Bertz CT molecular complexity index is 700. The van der Waals surface area contributed by atoms with Crippen molar-refractivity contribution >= 4 is 17.8 Å². The van der Waals surface area contributed by atoms with Crippen molar-refractivity contribution < 1.29 is 19.5 Å². The van der Waals surface area contributed by atoms with Gasteiger partial charge in [0.15, 0.2) is 0 Å². The average Bonchev–Trinajstić information content (AvgIpc) is 3.14. The average molecular weight is 389 g/mol. The highest BCUT2D eigenvalue weighted by molar-refractivity contribution is 5.88. The normalized spacial score (nSPS) is 17.0. The predicted octanol–water partition coefficient (Wildman–Crippen LogP) is 3.31. The summed E-state index contributed by atoms with van der Waals surface area (Å²) in [6.07, 6.45) is 3.60. The van der Waals surface area contributed by atoms with E-state index in [0.717, 1.165) is 36.8 Å². The lowest BCUT2D eigenvalue weighted by Crippen LogP contribution is -2.47. The molecule has 0 aliphatic heterocycles. The molecule has 0 aromatic heterocycles. The minimum Gasteiger partial charge on any atom is -0.481 e. The maximum atomic E-state index is 12.6. The standard InChI is InChI=1S/C22H32N2O4/c1-14(23-21(28)16-7-5-6-8-16)20(27)24-18(13-19(25)26)15-9-11-17(12-10-15)22(2,3)4/h9-12,14,16,18H,5-8,13H2,1-4H3,(H,23,28)(H,24,27)(H,25,26). The maximum Gasteiger partial charge on any atom is 0.305 e. The van der Waals surface area contributed by atoms with E-state index in [9.17, 15) is 19.5 Å². The van der Waals surface area contributed by atoms with E-state index in [1.165, 1.54) is 0 Å². The lowest BCUT2D eigenvalue weighted by Gasteiger charge is -2.23. The van der Waals surface area contributed by atoms with Crippen molar-refractivity contribution in [3.63, 3.8) is 0 Å². The van der Waals surface area contributed by atoms with Gasteiger partial charge in [-0.2, -0.15) is 0 Å². The Morgan fingerprint density at radius 1 is 1.07 bits per heavy atom. The lowest BCUT2D eigenvalue weighted by molar-refractivity contribution is -0.138. The number of carbonyl (C=O) groups excluding carboxylic acids is 2. The van der Waals surface area contributed by atoms with Gasteiger partial charge in [0.05, 0.1) is 12.5 Å². The molecule has 28 heavy (non-hydrogen) atoms. The number of nitrogens with one attached hydrogen (secondary N) is 2. The summed E-state index contributed by atoms with van der Waals surface area (Å²) >= 11 is 0. The van der Waals surface area contributed by atoms with Crippen LogP contribution in [-0.4, -0.2) is 28.9 Å². The van der Waals surface area contributed by atoms with Crippen LogP contribution in [-0.2, 0) is 19.8 Å². The summed E-state index contributed by atoms with van der Waals surface area (Å²) in [4.78, 5) is 36.1. The third-order valence-corrected chi connectivity index (χ3v) is 5.35. The van der Waals surface area contributed by atoms with E-state index in [1.54, 1.807) is 6.92 Å². The molecule has 1 aromatic rings. The first-order chi connectivity index (χ1) is 13.1. The Balaban J connectivity index is 2.05. The summed E-state index contributed by atoms with van der Waals surface area (Å²) in [5.41, 5.74) is 1.86. The predicted molar refractivity (Wildman–Crippen MR) is 108 cm³/mol. The molecule has 3 N–H and O–H groups in total. The van der Waals surface area contributed by atoms with Gasteiger partial charge in [-0.25, -0.2) is 0 Å². The van der Waals surface area contributed by atoms with Crippen LogP contribution in [0.3, 0.4) is 0 Å². The van der Waals surface area contributed by atoms with Crippen LogP contribution in [0.2, 0.25) is 0 Å². The van der Waals surface area contributed by atoms with Gasteiger partial charge < -0.3 is 15.7 Å². The van der Waals surface area contributed by atoms with E-state index in [2.05, 4.69) is 31.4 Å². The first kappa shape index (κ1) is 21.9. The molecule has 1 fully saturated rings. The van der Waals surface area contributed by atoms with Crippen molar-refractivity contribution in [2.24, 2.45) is 5.92 Å². The molecule has 6 heteroatoms. The molecule has 0 bridgehead atoms. The maximum absolute atomic E-state index is 12.6. The van der Waals surface area contributed by atoms with Crippen LogP contribution in [0.5, 0.6) is 0 Å². The molecule has 0 spiro atoms. The minimum absolute atomic E-state index is 0.0108. The van der Waals surface area contributed by atoms with E-state index >= 15 is 0 Å². The summed E-state index contributed by atoms with van der Waals surface area (Å²) in [6, 6.07) is 6.28. The molecule has 1 aliphatic rings. The van der Waals surface area contributed by atoms with Crippen molar-refractivity contribution in [3.8, 4) is 0 Å². The molecule has 0 heterocycles. The van der Waals surface area contributed by atoms with Gasteiger partial charge >= 0.3 is 5.97 Å². The molecule has 2 atom stereocenters. The quantitative estimate of drug-likeness (QED) is 0.668. The minimum atomic E-state index is -0.993. The highest BCUT2D eigenvalue weighted by Crippen LogP contribution is 2.26. The Morgan fingerprint density at radius 2 is 1.64 bits per heavy atom. The molecule has 0 radical (unpaired) electrons. The highest BCUT2D eigenvalue weighted by Gasteiger charge is 2.27. The van der Waals surface area contributed by atoms with Crippen LogP contribution in [0.4, 0.5) is 0 Å². The van der Waals surface area contributed by atoms with Crippen LogP contribution in [0.1, 0.15) is 77.0 Å². The van der Waals surface area contributed by atoms with Crippen molar-refractivity contribution in [1.82, 2.24) is 10.6 Å². The van der Waals surface area contributed by atoms with Crippen molar-refractivity contribution in [3.05, 3.63) is 35.4 Å². The number of benzene rings is 1. The van der Waals surface area contributed by atoms with E-state index in [-0.39, 0.29) is 29.6 Å². The number of carboxylic acid groups (broad SMARTS) is 1. The van der Waals surface area contributed by atoms with E-state index in [1.807, 2.05) is 24.3 Å². The second kappa shape index (κ2) is 9.22. The molecule has 6 nitrogen and oxygen atoms in total. The molecule has 1 saturated carbocycles. The second-order valence-electron chi connectivity index (χ2n) is 8.74. The zero-order valence-electron chi connectivity index (χ0n) is 17.2. The van der Waals surface area contributed by atoms with Crippen LogP contribution in [0, 0.1) is 5.92 Å². The first-order valence-electron chi connectivity index (χ1n) is 10.0. The van der Waals surface area contributed by atoms with E-state index in [4.69, 9.17) is 0 Å². The molecule has 2 amide bonds. The van der Waals surface area contributed by atoms with Crippen molar-refractivity contribution in [2.75, 3.05) is 0 Å². The Labute approximate surface area is 167 Å². The first-order valence-corrected chi connectivity index (χ1v) is 10.0. The number of carboxylic acids is 1. The summed E-state index contributed by atoms with van der Waals surface area (Å²) < 4.78 is 0. The van der Waals surface area contributed by atoms with Gasteiger partial charge in [0.25, 0.3) is 0 Å². The van der Waals surface area contributed by atoms with Gasteiger partial charge in [-0.3, -0.25) is 14.4 Å². The third kappa shape index (κ3) is 6.08. The number of aliphatic carboxylic acids is 1. The monoisotopic (exact) mass is 388 g/mol. The Morgan fingerprint density at radius 3 is 2.14 bits per heavy atom. The van der Waals surface area contributed by atoms with Crippen LogP contribution >= 0.6 is 0 Å². The number of amides is 2. The summed E-state index contributed by atoms with van der Waals surface area (Å²) in [5.74, 6) is -1.48. The third-order valence-electron chi connectivity index (χ3n) is 5.35. The fraction of sp³-hybridized carbons (Fsp3) is 0.591. The molecule has 154 valence electrons. The summed E-state index contributed by atoms with van der Waals surface area (Å²) in [6.45, 7) is 7.94. The zero-order valence-corrected chi connectivity index (χ0v) is 17.2. The zero-order chi connectivity index (χ0) is 20.9. The topological polar surface area (TPSA) is 95.5 Å². The van der Waals surface area contributed by atoms with Gasteiger partial charge in [-0.05, 0) is 36.3 Å². The van der Waals surface area contributed by atoms with Crippen LogP contribution in [0.15, 0.2) is 24.3 Å². The Kier molecular flexibility index (Phi) is 7.22. The van der Waals surface area contributed by atoms with Crippen molar-refractivity contribution in [2.45, 2.75) is 77.3 Å². The number of carbonyl (C=O) groups is 3. The van der Waals surface area contributed by atoms with Gasteiger partial charge in [-0.15, -0.1) is 0 Å². The van der Waals surface area contributed by atoms with E-state index in [0.29, 0.717) is 0 Å². The number of hydrogen-bond acceptors (Lipinski definition) is 3. The van der Waals surface area contributed by atoms with Crippen LogP contribution in [0.25, 0.3) is 0 Å². The number of hydrogen-bond donors (Lipinski definition) is 3. The summed E-state index contributed by atoms with van der Waals surface area (Å²) in [7, 11) is 0. The molecule has 2 unspecified atom stereocenters. The van der Waals surface area contributed by atoms with Crippen LogP contribution < -0.4 is 10.6 Å². The van der Waals surface area contributed by atoms with Gasteiger partial charge in [-0.1, -0.05) is 57.9 Å². The molecule has 0 saturated heterocycles. The molecular weight excluding hydrogens is 356 g/mol. The highest BCUT2D eigenvalue weighted by atomic mass is 16.4. The molecular formula is C22H32N2O4. The summed E-state index contributed by atoms with van der Waals surface area (Å²) in [5, 5.41) is 14.8. The van der Waals surface area contributed by atoms with Crippen molar-refractivity contribution in [1.29, 1.82) is 0 Å². The SMILES string of the molecule is CC(NC(=O)C1CCCC1)C(=O)NC(CC(=O)O)c1ccc(C(C)(C)C)cc1. The van der Waals surface area contributed by atoms with Gasteiger partial charge in [0, 0.05) is 5.92 Å². The fourth-order valence-corrected chi connectivity index (χ4v) is 3.52. The Hall–Kier alpha value is -2.37. The largest absolute Gasteiger partial charge is 0.481 e. The molecule has 2 rings (SSSR count). The lowest BCUT2D eigenvalue weighted by atomic mass is 9.86. The smallest absolute Gasteiger partial charge is 0.305 e. The molecule has 1 aliphatic carbocycles. The second-order valence-corrected chi connectivity index (χ2v) is 8.74. The number of rotatable bonds is 7. The van der Waals surface area contributed by atoms with E-state index < -0.39 is 18.1 Å². The van der Waals surface area contributed by atoms with Gasteiger partial charge in [0.1, 0.15) is 6.04 Å². The molecule has 1 aromatic carbocycles. The van der Waals surface area contributed by atoms with Gasteiger partial charge in [0.2, 0.25) is 11.8 Å². The fourth-order valence-electron chi connectivity index (χ4n) is 3.52.